The van der Waals surface area contributed by atoms with Crippen LogP contribution in [0.15, 0.2) is 23.3 Å². The van der Waals surface area contributed by atoms with E-state index in [2.05, 4.69) is 41.3 Å². The van der Waals surface area contributed by atoms with Gasteiger partial charge in [0.25, 0.3) is 0 Å². The van der Waals surface area contributed by atoms with Crippen LogP contribution >= 0.6 is 24.0 Å². The van der Waals surface area contributed by atoms with Gasteiger partial charge in [-0.1, -0.05) is 13.8 Å². The Labute approximate surface area is 204 Å². The highest BCUT2D eigenvalue weighted by atomic mass is 127. The first-order chi connectivity index (χ1) is 14.5. The van der Waals surface area contributed by atoms with E-state index in [4.69, 9.17) is 4.99 Å². The molecule has 2 aliphatic heterocycles. The monoisotopic (exact) mass is 546 g/mol. The molecule has 0 amide bonds. The summed E-state index contributed by atoms with van der Waals surface area (Å²) in [6.07, 6.45) is 6.26. The zero-order valence-corrected chi connectivity index (χ0v) is 21.6. The van der Waals surface area contributed by atoms with Crippen molar-refractivity contribution in [3.05, 3.63) is 24.1 Å². The van der Waals surface area contributed by atoms with E-state index in [1.165, 1.54) is 38.5 Å². The molecule has 0 saturated carbocycles. The van der Waals surface area contributed by atoms with Crippen LogP contribution in [0.5, 0.6) is 0 Å². The third kappa shape index (κ3) is 8.36. The fourth-order valence-corrected chi connectivity index (χ4v) is 4.81. The molecule has 0 aliphatic carbocycles. The van der Waals surface area contributed by atoms with Gasteiger partial charge in [0.05, 0.1) is 0 Å². The van der Waals surface area contributed by atoms with Crippen molar-refractivity contribution < 1.29 is 4.39 Å². The van der Waals surface area contributed by atoms with Gasteiger partial charge in [0.1, 0.15) is 0 Å². The van der Waals surface area contributed by atoms with Crippen molar-refractivity contribution in [3.8, 4) is 0 Å². The van der Waals surface area contributed by atoms with Crippen LogP contribution in [-0.4, -0.2) is 67.7 Å². The molecule has 3 heterocycles. The summed E-state index contributed by atoms with van der Waals surface area (Å²) in [5.41, 5.74) is 0. The Bertz CT molecular complexity index is 678. The summed E-state index contributed by atoms with van der Waals surface area (Å²) < 4.78 is 14.0. The van der Waals surface area contributed by atoms with Crippen LogP contribution in [0.3, 0.4) is 0 Å². The minimum absolute atomic E-state index is 0. The lowest BCUT2D eigenvalue weighted by Gasteiger charge is -2.34. The molecule has 31 heavy (non-hydrogen) atoms. The third-order valence-corrected chi connectivity index (χ3v) is 6.01. The van der Waals surface area contributed by atoms with Gasteiger partial charge < -0.3 is 20.4 Å². The van der Waals surface area contributed by atoms with Crippen molar-refractivity contribution in [2.24, 2.45) is 16.8 Å². The molecule has 3 rings (SSSR count). The number of rotatable bonds is 8. The fraction of sp³-hybridized carbons (Fsp3) is 0.739. The molecule has 1 aromatic heterocycles. The number of hydrogen-bond donors (Lipinski definition) is 2. The number of aromatic nitrogens is 1. The van der Waals surface area contributed by atoms with Gasteiger partial charge in [0, 0.05) is 51.5 Å². The van der Waals surface area contributed by atoms with E-state index in [1.54, 1.807) is 12.3 Å². The lowest BCUT2D eigenvalue weighted by atomic mass is 9.92. The number of piperidine rings is 1. The number of nitrogens with one attached hydrogen (secondary N) is 2. The van der Waals surface area contributed by atoms with Gasteiger partial charge in [0.2, 0.25) is 0 Å². The predicted molar refractivity (Wildman–Crippen MR) is 138 cm³/mol. The molecule has 0 bridgehead atoms. The molecular weight excluding hydrogens is 506 g/mol. The van der Waals surface area contributed by atoms with E-state index in [-0.39, 0.29) is 35.8 Å². The fourth-order valence-electron chi connectivity index (χ4n) is 4.81. The molecule has 176 valence electrons. The van der Waals surface area contributed by atoms with Crippen LogP contribution < -0.4 is 15.5 Å². The number of nitrogens with zero attached hydrogens (tertiary/aromatic N) is 4. The highest BCUT2D eigenvalue weighted by molar-refractivity contribution is 14.0. The molecule has 1 aromatic rings. The van der Waals surface area contributed by atoms with Crippen LogP contribution in [0.25, 0.3) is 0 Å². The van der Waals surface area contributed by atoms with Crippen molar-refractivity contribution in [2.45, 2.75) is 52.5 Å². The first kappa shape index (κ1) is 26.1. The molecular formula is C23H40FIN6. The lowest BCUT2D eigenvalue weighted by molar-refractivity contribution is 0.139. The summed E-state index contributed by atoms with van der Waals surface area (Å²) in [6.45, 7) is 13.7. The topological polar surface area (TPSA) is 55.8 Å². The average molecular weight is 547 g/mol. The quantitative estimate of drug-likeness (QED) is 0.225. The highest BCUT2D eigenvalue weighted by Crippen LogP contribution is 2.22. The smallest absolute Gasteiger partial charge is 0.191 e. The first-order valence-electron chi connectivity index (χ1n) is 11.7. The van der Waals surface area contributed by atoms with Crippen LogP contribution in [0, 0.1) is 17.7 Å². The molecule has 6 nitrogen and oxygen atoms in total. The Morgan fingerprint density at radius 3 is 2.71 bits per heavy atom. The molecule has 2 saturated heterocycles. The Morgan fingerprint density at radius 1 is 1.23 bits per heavy atom. The highest BCUT2D eigenvalue weighted by Gasteiger charge is 2.26. The number of pyridine rings is 1. The van der Waals surface area contributed by atoms with Crippen molar-refractivity contribution in [3.63, 3.8) is 0 Å². The van der Waals surface area contributed by atoms with Crippen molar-refractivity contribution in [1.29, 1.82) is 0 Å². The molecule has 2 aliphatic rings. The zero-order valence-electron chi connectivity index (χ0n) is 19.3. The van der Waals surface area contributed by atoms with Crippen LogP contribution in [0.1, 0.15) is 46.5 Å². The number of likely N-dealkylation sites (tertiary alicyclic amines) is 1. The Morgan fingerprint density at radius 2 is 2.00 bits per heavy atom. The Kier molecular flexibility index (Phi) is 11.3. The number of hydrogen-bond acceptors (Lipinski definition) is 4. The van der Waals surface area contributed by atoms with Gasteiger partial charge in [-0.3, -0.25) is 4.99 Å². The van der Waals surface area contributed by atoms with Gasteiger partial charge in [-0.05, 0) is 63.1 Å². The van der Waals surface area contributed by atoms with Crippen LogP contribution in [-0.2, 0) is 0 Å². The normalized spacial score (nSPS) is 24.7. The number of anilines is 1. The maximum absolute atomic E-state index is 14.0. The van der Waals surface area contributed by atoms with E-state index in [1.807, 2.05) is 4.90 Å². The number of halogens is 2. The van der Waals surface area contributed by atoms with E-state index < -0.39 is 0 Å². The standard InChI is InChI=1S/C23H39FN6.HI/c1-4-25-23(27-10-5-6-12-29-15-18(2)14-19(3)16-29)28-20-9-13-30(17-20)22-21(24)8-7-11-26-22;/h7-8,11,18-20H,4-6,9-10,12-17H2,1-3H3,(H2,25,27,28);1H. The van der Waals surface area contributed by atoms with Crippen LogP contribution in [0.4, 0.5) is 10.2 Å². The average Bonchev–Trinajstić information content (AvgIpc) is 3.15. The molecule has 0 radical (unpaired) electrons. The van der Waals surface area contributed by atoms with E-state index in [0.29, 0.717) is 5.82 Å². The molecule has 8 heteroatoms. The molecule has 3 unspecified atom stereocenters. The summed E-state index contributed by atoms with van der Waals surface area (Å²) in [5.74, 6) is 2.70. The minimum Gasteiger partial charge on any atom is -0.357 e. The summed E-state index contributed by atoms with van der Waals surface area (Å²) in [4.78, 5) is 13.6. The lowest BCUT2D eigenvalue weighted by Crippen LogP contribution is -2.44. The second kappa shape index (κ2) is 13.4. The van der Waals surface area contributed by atoms with Crippen molar-refractivity contribution in [1.82, 2.24) is 20.5 Å². The van der Waals surface area contributed by atoms with E-state index in [9.17, 15) is 4.39 Å². The molecule has 2 fully saturated rings. The van der Waals surface area contributed by atoms with Crippen LogP contribution in [0.2, 0.25) is 0 Å². The summed E-state index contributed by atoms with van der Waals surface area (Å²) in [7, 11) is 0. The Hall–Kier alpha value is -1.16. The Balaban J connectivity index is 0.00000341. The van der Waals surface area contributed by atoms with Gasteiger partial charge in [-0.15, -0.1) is 24.0 Å². The van der Waals surface area contributed by atoms with Crippen molar-refractivity contribution >= 4 is 35.8 Å². The molecule has 2 N–H and O–H groups in total. The largest absolute Gasteiger partial charge is 0.357 e. The maximum Gasteiger partial charge on any atom is 0.191 e. The van der Waals surface area contributed by atoms with Gasteiger partial charge in [-0.25, -0.2) is 9.37 Å². The molecule has 0 aromatic carbocycles. The summed E-state index contributed by atoms with van der Waals surface area (Å²) in [6, 6.07) is 3.35. The second-order valence-electron chi connectivity index (χ2n) is 9.06. The molecule has 3 atom stereocenters. The number of aliphatic imine (C=N–C) groups is 1. The van der Waals surface area contributed by atoms with Crippen molar-refractivity contribution in [2.75, 3.05) is 50.7 Å². The SMILES string of the molecule is CCNC(=NCCCCN1CC(C)CC(C)C1)NC1CCN(c2ncccc2F)C1.I. The van der Waals surface area contributed by atoms with E-state index >= 15 is 0 Å². The molecule has 0 spiro atoms. The zero-order chi connectivity index (χ0) is 21.3. The predicted octanol–water partition coefficient (Wildman–Crippen LogP) is 3.73. The summed E-state index contributed by atoms with van der Waals surface area (Å²) in [5, 5.41) is 6.87. The number of guanidine groups is 1. The van der Waals surface area contributed by atoms with Gasteiger partial charge in [0.15, 0.2) is 17.6 Å². The maximum atomic E-state index is 14.0. The number of unbranched alkanes of at least 4 members (excludes halogenated alkanes) is 1. The summed E-state index contributed by atoms with van der Waals surface area (Å²) >= 11 is 0. The first-order valence-corrected chi connectivity index (χ1v) is 11.7. The van der Waals surface area contributed by atoms with Gasteiger partial charge >= 0.3 is 0 Å². The second-order valence-corrected chi connectivity index (χ2v) is 9.06. The third-order valence-electron chi connectivity index (χ3n) is 6.01. The van der Waals surface area contributed by atoms with Gasteiger partial charge in [-0.2, -0.15) is 0 Å². The minimum atomic E-state index is -0.254. The van der Waals surface area contributed by atoms with E-state index in [0.717, 1.165) is 56.8 Å².